The van der Waals surface area contributed by atoms with Gasteiger partial charge in [0.15, 0.2) is 11.2 Å². The summed E-state index contributed by atoms with van der Waals surface area (Å²) in [5.41, 5.74) is 0.741. The Labute approximate surface area is 160 Å². The molecule has 27 heavy (non-hydrogen) atoms. The van der Waals surface area contributed by atoms with Gasteiger partial charge >= 0.3 is 5.69 Å². The van der Waals surface area contributed by atoms with Crippen molar-refractivity contribution in [2.45, 2.75) is 6.54 Å². The van der Waals surface area contributed by atoms with Crippen LogP contribution in [0, 0.1) is 0 Å². The number of piperazine rings is 1. The number of benzene rings is 1. The van der Waals surface area contributed by atoms with E-state index in [2.05, 4.69) is 26.8 Å². The summed E-state index contributed by atoms with van der Waals surface area (Å²) in [6.07, 6.45) is 0. The van der Waals surface area contributed by atoms with Crippen LogP contribution in [0.3, 0.4) is 0 Å². The van der Waals surface area contributed by atoms with E-state index >= 15 is 0 Å². The lowest BCUT2D eigenvalue weighted by molar-refractivity contribution is 0.310. The molecular weight excluding hydrogens is 368 g/mol. The minimum atomic E-state index is -0.472. The van der Waals surface area contributed by atoms with Gasteiger partial charge in [-0.1, -0.05) is 29.8 Å². The summed E-state index contributed by atoms with van der Waals surface area (Å²) in [7, 11) is 3.69. The smallest absolute Gasteiger partial charge is 0.329 e. The van der Waals surface area contributed by atoms with Crippen LogP contribution in [0.4, 0.5) is 5.95 Å². The summed E-state index contributed by atoms with van der Waals surface area (Å²) in [6.45, 7) is 3.82. The molecule has 0 spiro atoms. The van der Waals surface area contributed by atoms with Gasteiger partial charge in [-0.2, -0.15) is 4.98 Å². The van der Waals surface area contributed by atoms with Crippen molar-refractivity contribution in [1.29, 1.82) is 0 Å². The highest BCUT2D eigenvalue weighted by atomic mass is 35.5. The van der Waals surface area contributed by atoms with Crippen molar-refractivity contribution in [2.75, 3.05) is 38.1 Å². The fourth-order valence-corrected chi connectivity index (χ4v) is 3.61. The van der Waals surface area contributed by atoms with E-state index in [1.807, 2.05) is 28.8 Å². The highest BCUT2D eigenvalue weighted by Crippen LogP contribution is 2.24. The molecule has 0 unspecified atom stereocenters. The Balaban J connectivity index is 1.92. The van der Waals surface area contributed by atoms with E-state index in [-0.39, 0.29) is 0 Å². The molecule has 1 aromatic carbocycles. The predicted molar refractivity (Wildman–Crippen MR) is 106 cm³/mol. The molecule has 1 N–H and O–H groups in total. The second-order valence-corrected chi connectivity index (χ2v) is 7.28. The number of aromatic nitrogens is 4. The molecule has 0 amide bonds. The van der Waals surface area contributed by atoms with Crippen molar-refractivity contribution >= 4 is 28.7 Å². The number of rotatable bonds is 3. The molecule has 4 rings (SSSR count). The molecule has 3 heterocycles. The van der Waals surface area contributed by atoms with E-state index in [0.717, 1.165) is 31.7 Å². The Bertz CT molecular complexity index is 1110. The second kappa shape index (κ2) is 6.86. The maximum atomic E-state index is 12.6. The molecule has 142 valence electrons. The summed E-state index contributed by atoms with van der Waals surface area (Å²) in [6, 6.07) is 7.54. The van der Waals surface area contributed by atoms with E-state index in [0.29, 0.717) is 28.7 Å². The zero-order chi connectivity index (χ0) is 19.1. The van der Waals surface area contributed by atoms with Crippen molar-refractivity contribution in [3.63, 3.8) is 0 Å². The summed E-state index contributed by atoms with van der Waals surface area (Å²) in [5, 5.41) is 0.630. The van der Waals surface area contributed by atoms with Crippen LogP contribution in [0.25, 0.3) is 11.2 Å². The van der Waals surface area contributed by atoms with Crippen LogP contribution in [-0.2, 0) is 13.6 Å². The Morgan fingerprint density at radius 3 is 2.52 bits per heavy atom. The molecule has 1 aliphatic rings. The number of imidazole rings is 1. The lowest BCUT2D eigenvalue weighted by Gasteiger charge is -2.33. The van der Waals surface area contributed by atoms with Crippen LogP contribution in [-0.4, -0.2) is 57.2 Å². The number of hydrogen-bond acceptors (Lipinski definition) is 5. The summed E-state index contributed by atoms with van der Waals surface area (Å²) < 4.78 is 3.24. The third kappa shape index (κ3) is 3.15. The van der Waals surface area contributed by atoms with E-state index < -0.39 is 11.2 Å². The number of H-pyrrole nitrogens is 1. The van der Waals surface area contributed by atoms with Crippen LogP contribution >= 0.6 is 11.6 Å². The van der Waals surface area contributed by atoms with Crippen LogP contribution in [0.1, 0.15) is 5.56 Å². The number of nitrogens with zero attached hydrogens (tertiary/aromatic N) is 5. The molecular formula is C18H21ClN6O2. The fourth-order valence-electron chi connectivity index (χ4n) is 3.42. The molecule has 0 bridgehead atoms. The highest BCUT2D eigenvalue weighted by molar-refractivity contribution is 6.31. The zero-order valence-electron chi connectivity index (χ0n) is 15.3. The SMILES string of the molecule is CN1CCN(c2nc3c(c(=O)[nH]c(=O)n3C)n2Cc2ccccc2Cl)CC1. The number of anilines is 1. The Morgan fingerprint density at radius 1 is 1.11 bits per heavy atom. The van der Waals surface area contributed by atoms with Crippen molar-refractivity contribution in [1.82, 2.24) is 24.0 Å². The maximum Gasteiger partial charge on any atom is 0.329 e. The second-order valence-electron chi connectivity index (χ2n) is 6.87. The number of likely N-dealkylation sites (N-methyl/N-ethyl adjacent to an activating group) is 1. The Hall–Kier alpha value is -2.58. The molecule has 1 saturated heterocycles. The number of aromatic amines is 1. The first-order valence-electron chi connectivity index (χ1n) is 8.82. The van der Waals surface area contributed by atoms with E-state index in [4.69, 9.17) is 11.6 Å². The largest absolute Gasteiger partial charge is 0.340 e. The minimum absolute atomic E-state index is 0.379. The zero-order valence-corrected chi connectivity index (χ0v) is 16.0. The number of aryl methyl sites for hydroxylation is 1. The molecule has 0 radical (unpaired) electrons. The standard InChI is InChI=1S/C18H21ClN6O2/c1-22-7-9-24(10-8-22)17-20-15-14(16(26)21-18(27)23(15)2)25(17)11-12-5-3-4-6-13(12)19/h3-6H,7-11H2,1-2H3,(H,21,26,27). The maximum absolute atomic E-state index is 12.6. The molecule has 3 aromatic rings. The summed E-state index contributed by atoms with van der Waals surface area (Å²) in [4.78, 5) is 36.1. The van der Waals surface area contributed by atoms with Crippen molar-refractivity contribution in [3.05, 3.63) is 55.7 Å². The first-order chi connectivity index (χ1) is 13.0. The minimum Gasteiger partial charge on any atom is -0.340 e. The molecule has 0 atom stereocenters. The number of fused-ring (bicyclic) bond motifs is 1. The predicted octanol–water partition coefficient (Wildman–Crippen LogP) is 0.877. The van der Waals surface area contributed by atoms with Crippen molar-refractivity contribution in [3.8, 4) is 0 Å². The molecule has 9 heteroatoms. The first kappa shape index (κ1) is 17.8. The van der Waals surface area contributed by atoms with Gasteiger partial charge in [0.1, 0.15) is 0 Å². The summed E-state index contributed by atoms with van der Waals surface area (Å²) in [5.74, 6) is 0.685. The quantitative estimate of drug-likeness (QED) is 0.720. The van der Waals surface area contributed by atoms with Gasteiger partial charge in [0, 0.05) is 38.2 Å². The molecule has 8 nitrogen and oxygen atoms in total. The lowest BCUT2D eigenvalue weighted by Crippen LogP contribution is -2.45. The Kier molecular flexibility index (Phi) is 4.53. The van der Waals surface area contributed by atoms with E-state index in [1.54, 1.807) is 7.05 Å². The van der Waals surface area contributed by atoms with Gasteiger partial charge in [0.25, 0.3) is 5.56 Å². The van der Waals surface area contributed by atoms with Gasteiger partial charge in [0.2, 0.25) is 5.95 Å². The normalized spacial score (nSPS) is 15.6. The number of halogens is 1. The van der Waals surface area contributed by atoms with Crippen LogP contribution in [0.2, 0.25) is 5.02 Å². The monoisotopic (exact) mass is 388 g/mol. The fraction of sp³-hybridized carbons (Fsp3) is 0.389. The average molecular weight is 389 g/mol. The van der Waals surface area contributed by atoms with E-state index in [9.17, 15) is 9.59 Å². The molecule has 1 fully saturated rings. The first-order valence-corrected chi connectivity index (χ1v) is 9.20. The topological polar surface area (TPSA) is 79.2 Å². The third-order valence-corrected chi connectivity index (χ3v) is 5.43. The van der Waals surface area contributed by atoms with Crippen molar-refractivity contribution in [2.24, 2.45) is 7.05 Å². The van der Waals surface area contributed by atoms with Crippen molar-refractivity contribution < 1.29 is 0 Å². The third-order valence-electron chi connectivity index (χ3n) is 5.06. The highest BCUT2D eigenvalue weighted by Gasteiger charge is 2.24. The van der Waals surface area contributed by atoms with Crippen LogP contribution in [0.15, 0.2) is 33.9 Å². The van der Waals surface area contributed by atoms with Gasteiger partial charge in [0.05, 0.1) is 6.54 Å². The lowest BCUT2D eigenvalue weighted by atomic mass is 10.2. The Morgan fingerprint density at radius 2 is 1.81 bits per heavy atom. The molecule has 0 saturated carbocycles. The van der Waals surface area contributed by atoms with E-state index in [1.165, 1.54) is 4.57 Å². The number of nitrogens with one attached hydrogen (secondary N) is 1. The molecule has 0 aliphatic carbocycles. The van der Waals surface area contributed by atoms with Gasteiger partial charge < -0.3 is 9.80 Å². The van der Waals surface area contributed by atoms with Gasteiger partial charge in [-0.25, -0.2) is 4.79 Å². The average Bonchev–Trinajstić information content (AvgIpc) is 3.02. The van der Waals surface area contributed by atoms with Gasteiger partial charge in [-0.3, -0.25) is 18.9 Å². The van der Waals surface area contributed by atoms with Crippen LogP contribution in [0.5, 0.6) is 0 Å². The summed E-state index contributed by atoms with van der Waals surface area (Å²) >= 11 is 6.35. The van der Waals surface area contributed by atoms with Gasteiger partial charge in [-0.05, 0) is 18.7 Å². The molecule has 2 aromatic heterocycles. The number of hydrogen-bond donors (Lipinski definition) is 1. The van der Waals surface area contributed by atoms with Crippen LogP contribution < -0.4 is 16.1 Å². The van der Waals surface area contributed by atoms with Gasteiger partial charge in [-0.15, -0.1) is 0 Å². The molecule has 1 aliphatic heterocycles.